The molecule has 6 heteroatoms. The Bertz CT molecular complexity index is 864. The van der Waals surface area contributed by atoms with Crippen molar-refractivity contribution in [3.8, 4) is 11.5 Å². The predicted octanol–water partition coefficient (Wildman–Crippen LogP) is 3.24. The van der Waals surface area contributed by atoms with E-state index >= 15 is 0 Å². The Labute approximate surface area is 164 Å². The number of methoxy groups -OCH3 is 2. The minimum absolute atomic E-state index is 0.130. The van der Waals surface area contributed by atoms with E-state index in [4.69, 9.17) is 9.47 Å². The summed E-state index contributed by atoms with van der Waals surface area (Å²) in [6, 6.07) is 12.2. The van der Waals surface area contributed by atoms with Crippen LogP contribution in [0.5, 0.6) is 11.5 Å². The zero-order valence-electron chi connectivity index (χ0n) is 16.2. The minimum atomic E-state index is -0.989. The third-order valence-corrected chi connectivity index (χ3v) is 5.17. The second-order valence-electron chi connectivity index (χ2n) is 6.81. The van der Waals surface area contributed by atoms with Crippen LogP contribution in [0.2, 0.25) is 0 Å². The molecular formula is C22H25NO5. The molecule has 1 aliphatic heterocycles. The van der Waals surface area contributed by atoms with E-state index in [0.717, 1.165) is 16.9 Å². The number of ether oxygens (including phenoxy) is 2. The number of carbonyl (C=O) groups is 2. The molecule has 28 heavy (non-hydrogen) atoms. The number of carboxylic acids is 1. The summed E-state index contributed by atoms with van der Waals surface area (Å²) in [7, 11) is 3.20. The Kier molecular flexibility index (Phi) is 6.19. The van der Waals surface area contributed by atoms with Gasteiger partial charge in [-0.1, -0.05) is 30.3 Å². The largest absolute Gasteiger partial charge is 0.497 e. The van der Waals surface area contributed by atoms with E-state index in [1.165, 1.54) is 4.90 Å². The summed E-state index contributed by atoms with van der Waals surface area (Å²) in [5, 5.41) is 9.70. The molecule has 1 amide bonds. The van der Waals surface area contributed by atoms with Gasteiger partial charge in [-0.2, -0.15) is 0 Å². The van der Waals surface area contributed by atoms with E-state index in [0.29, 0.717) is 43.5 Å². The number of hydrogen-bond acceptors (Lipinski definition) is 4. The molecule has 0 saturated carbocycles. The van der Waals surface area contributed by atoms with Gasteiger partial charge in [0.1, 0.15) is 11.5 Å². The van der Waals surface area contributed by atoms with Gasteiger partial charge in [0.15, 0.2) is 6.04 Å². The predicted molar refractivity (Wildman–Crippen MR) is 105 cm³/mol. The van der Waals surface area contributed by atoms with Crippen molar-refractivity contribution in [2.45, 2.75) is 31.7 Å². The van der Waals surface area contributed by atoms with Crippen LogP contribution < -0.4 is 9.47 Å². The Morgan fingerprint density at radius 1 is 1.14 bits per heavy atom. The van der Waals surface area contributed by atoms with E-state index in [-0.39, 0.29) is 5.91 Å². The van der Waals surface area contributed by atoms with Crippen LogP contribution in [-0.2, 0) is 22.4 Å². The highest BCUT2D eigenvalue weighted by molar-refractivity contribution is 5.85. The molecule has 0 bridgehead atoms. The average molecular weight is 383 g/mol. The summed E-state index contributed by atoms with van der Waals surface area (Å²) in [5.74, 6) is 0.321. The molecule has 3 rings (SSSR count). The van der Waals surface area contributed by atoms with Gasteiger partial charge in [0.2, 0.25) is 5.91 Å². The van der Waals surface area contributed by atoms with Gasteiger partial charge in [0.05, 0.1) is 14.2 Å². The molecule has 0 aliphatic carbocycles. The quantitative estimate of drug-likeness (QED) is 0.794. The zero-order chi connectivity index (χ0) is 20.1. The monoisotopic (exact) mass is 383 g/mol. The van der Waals surface area contributed by atoms with E-state index in [1.807, 2.05) is 36.4 Å². The van der Waals surface area contributed by atoms with Crippen molar-refractivity contribution in [1.29, 1.82) is 0 Å². The molecule has 1 unspecified atom stereocenters. The minimum Gasteiger partial charge on any atom is -0.497 e. The Morgan fingerprint density at radius 2 is 1.93 bits per heavy atom. The number of hydrogen-bond donors (Lipinski definition) is 1. The van der Waals surface area contributed by atoms with Crippen molar-refractivity contribution in [2.75, 3.05) is 20.8 Å². The highest BCUT2D eigenvalue weighted by atomic mass is 16.5. The van der Waals surface area contributed by atoms with Crippen molar-refractivity contribution in [1.82, 2.24) is 4.90 Å². The van der Waals surface area contributed by atoms with Crippen LogP contribution in [0.3, 0.4) is 0 Å². The first-order valence-electron chi connectivity index (χ1n) is 9.36. The number of carbonyl (C=O) groups excluding carboxylic acids is 1. The third-order valence-electron chi connectivity index (χ3n) is 5.17. The van der Waals surface area contributed by atoms with Crippen LogP contribution in [0.1, 0.15) is 35.6 Å². The molecule has 1 atom stereocenters. The van der Waals surface area contributed by atoms with E-state index in [1.54, 1.807) is 20.3 Å². The maximum Gasteiger partial charge on any atom is 0.331 e. The SMILES string of the molecule is COc1ccc(CCCC(=O)N2CCc3ccccc3C2C(=O)O)c(OC)c1. The second-order valence-corrected chi connectivity index (χ2v) is 6.81. The molecule has 2 aromatic carbocycles. The maximum atomic E-state index is 12.8. The highest BCUT2D eigenvalue weighted by Crippen LogP contribution is 2.31. The van der Waals surface area contributed by atoms with Crippen molar-refractivity contribution in [3.63, 3.8) is 0 Å². The molecule has 0 fully saturated rings. The first kappa shape index (κ1) is 19.7. The molecule has 148 valence electrons. The summed E-state index contributed by atoms with van der Waals surface area (Å²) >= 11 is 0. The number of aryl methyl sites for hydroxylation is 1. The third kappa shape index (κ3) is 4.11. The van der Waals surface area contributed by atoms with E-state index in [2.05, 4.69) is 0 Å². The van der Waals surface area contributed by atoms with Crippen LogP contribution >= 0.6 is 0 Å². The van der Waals surface area contributed by atoms with Gasteiger partial charge < -0.3 is 19.5 Å². The number of rotatable bonds is 7. The van der Waals surface area contributed by atoms with Crippen LogP contribution in [-0.4, -0.2) is 42.6 Å². The standard InChI is InChI=1S/C22H25NO5/c1-27-17-11-10-16(19(14-17)28-2)7-5-9-20(24)23-13-12-15-6-3-4-8-18(15)21(23)22(25)26/h3-4,6,8,10-11,14,21H,5,7,9,12-13H2,1-2H3,(H,25,26). The van der Waals surface area contributed by atoms with Crippen LogP contribution in [0.4, 0.5) is 0 Å². The van der Waals surface area contributed by atoms with Crippen molar-refractivity contribution in [3.05, 3.63) is 59.2 Å². The van der Waals surface area contributed by atoms with Gasteiger partial charge in [-0.05, 0) is 42.0 Å². The number of aliphatic carboxylic acids is 1. The molecule has 1 aliphatic rings. The molecule has 0 saturated heterocycles. The lowest BCUT2D eigenvalue weighted by molar-refractivity contribution is -0.151. The molecule has 0 spiro atoms. The van der Waals surface area contributed by atoms with E-state index < -0.39 is 12.0 Å². The fourth-order valence-corrected chi connectivity index (χ4v) is 3.73. The summed E-state index contributed by atoms with van der Waals surface area (Å²) in [6.07, 6.45) is 2.26. The van der Waals surface area contributed by atoms with Gasteiger partial charge in [-0.3, -0.25) is 4.79 Å². The first-order chi connectivity index (χ1) is 13.5. The smallest absolute Gasteiger partial charge is 0.331 e. The molecule has 0 radical (unpaired) electrons. The van der Waals surface area contributed by atoms with Crippen LogP contribution in [0, 0.1) is 0 Å². The number of nitrogens with zero attached hydrogens (tertiary/aromatic N) is 1. The first-order valence-corrected chi connectivity index (χ1v) is 9.36. The van der Waals surface area contributed by atoms with E-state index in [9.17, 15) is 14.7 Å². The Balaban J connectivity index is 1.66. The number of amides is 1. The summed E-state index contributed by atoms with van der Waals surface area (Å²) < 4.78 is 10.6. The molecule has 1 heterocycles. The topological polar surface area (TPSA) is 76.1 Å². The molecule has 1 N–H and O–H groups in total. The zero-order valence-corrected chi connectivity index (χ0v) is 16.2. The normalized spacial score (nSPS) is 15.6. The van der Waals surface area contributed by atoms with Crippen molar-refractivity contribution >= 4 is 11.9 Å². The van der Waals surface area contributed by atoms with Crippen molar-refractivity contribution in [2.24, 2.45) is 0 Å². The lowest BCUT2D eigenvalue weighted by atomic mass is 9.92. The van der Waals surface area contributed by atoms with Crippen LogP contribution in [0.15, 0.2) is 42.5 Å². The van der Waals surface area contributed by atoms with Crippen molar-refractivity contribution < 1.29 is 24.2 Å². The molecule has 0 aromatic heterocycles. The van der Waals surface area contributed by atoms with Gasteiger partial charge in [-0.25, -0.2) is 4.79 Å². The van der Waals surface area contributed by atoms with Crippen LogP contribution in [0.25, 0.3) is 0 Å². The fourth-order valence-electron chi connectivity index (χ4n) is 3.73. The fraction of sp³-hybridized carbons (Fsp3) is 0.364. The maximum absolute atomic E-state index is 12.8. The number of benzene rings is 2. The lowest BCUT2D eigenvalue weighted by Gasteiger charge is -2.34. The molecule has 6 nitrogen and oxygen atoms in total. The van der Waals surface area contributed by atoms with Gasteiger partial charge in [0.25, 0.3) is 0 Å². The Morgan fingerprint density at radius 3 is 2.64 bits per heavy atom. The lowest BCUT2D eigenvalue weighted by Crippen LogP contribution is -2.43. The summed E-state index contributed by atoms with van der Waals surface area (Å²) in [5.41, 5.74) is 2.71. The van der Waals surface area contributed by atoms with Gasteiger partial charge >= 0.3 is 5.97 Å². The summed E-state index contributed by atoms with van der Waals surface area (Å²) in [4.78, 5) is 26.1. The highest BCUT2D eigenvalue weighted by Gasteiger charge is 2.35. The summed E-state index contributed by atoms with van der Waals surface area (Å²) in [6.45, 7) is 0.429. The van der Waals surface area contributed by atoms with Gasteiger partial charge in [-0.15, -0.1) is 0 Å². The second kappa shape index (κ2) is 8.78. The Hall–Kier alpha value is -3.02. The van der Waals surface area contributed by atoms with Gasteiger partial charge in [0, 0.05) is 19.0 Å². The average Bonchev–Trinajstić information content (AvgIpc) is 2.72. The number of fused-ring (bicyclic) bond motifs is 1. The number of carboxylic acid groups (broad SMARTS) is 1. The molecule has 2 aromatic rings. The molecular weight excluding hydrogens is 358 g/mol.